The van der Waals surface area contributed by atoms with Crippen LogP contribution in [-0.4, -0.2) is 23.0 Å². The molecule has 0 aliphatic carbocycles. The van der Waals surface area contributed by atoms with E-state index < -0.39 is 0 Å². The summed E-state index contributed by atoms with van der Waals surface area (Å²) in [6.07, 6.45) is 3.94. The van der Waals surface area contributed by atoms with Crippen molar-refractivity contribution in [3.05, 3.63) is 29.6 Å². The summed E-state index contributed by atoms with van der Waals surface area (Å²) in [7, 11) is 0. The number of aryl methyl sites for hydroxylation is 1. The number of nitrogens with zero attached hydrogens (tertiary/aromatic N) is 1. The summed E-state index contributed by atoms with van der Waals surface area (Å²) >= 11 is 0. The number of amides is 1. The fourth-order valence-electron chi connectivity index (χ4n) is 1.84. The topological polar surface area (TPSA) is 54.0 Å². The lowest BCUT2D eigenvalue weighted by Crippen LogP contribution is -2.45. The summed E-state index contributed by atoms with van der Waals surface area (Å²) in [4.78, 5) is 16.1. The molecule has 0 saturated carbocycles. The van der Waals surface area contributed by atoms with Crippen LogP contribution in [0.1, 0.15) is 44.9 Å². The zero-order valence-electron chi connectivity index (χ0n) is 12.4. The fraction of sp³-hybridized carbons (Fsp3) is 0.600. The first-order chi connectivity index (χ1) is 9.02. The van der Waals surface area contributed by atoms with Gasteiger partial charge in [-0.2, -0.15) is 0 Å². The second kappa shape index (κ2) is 7.89. The third-order valence-electron chi connectivity index (χ3n) is 3.09. The van der Waals surface area contributed by atoms with E-state index in [-0.39, 0.29) is 18.0 Å². The van der Waals surface area contributed by atoms with Crippen LogP contribution in [0.4, 0.5) is 0 Å². The third-order valence-corrected chi connectivity index (χ3v) is 3.09. The first-order valence-corrected chi connectivity index (χ1v) is 6.98. The van der Waals surface area contributed by atoms with E-state index in [9.17, 15) is 4.79 Å². The zero-order valence-corrected chi connectivity index (χ0v) is 12.4. The maximum atomic E-state index is 11.9. The Kier molecular flexibility index (Phi) is 6.50. The molecule has 0 aliphatic heterocycles. The van der Waals surface area contributed by atoms with Crippen molar-refractivity contribution in [2.75, 3.05) is 0 Å². The van der Waals surface area contributed by atoms with Crippen molar-refractivity contribution in [3.63, 3.8) is 0 Å². The van der Waals surface area contributed by atoms with Crippen molar-refractivity contribution in [2.24, 2.45) is 0 Å². The van der Waals surface area contributed by atoms with Crippen LogP contribution in [0.5, 0.6) is 0 Å². The molecule has 1 heterocycles. The van der Waals surface area contributed by atoms with Gasteiger partial charge in [-0.25, -0.2) is 0 Å². The van der Waals surface area contributed by atoms with Gasteiger partial charge in [-0.05, 0) is 38.8 Å². The Balaban J connectivity index is 2.35. The van der Waals surface area contributed by atoms with E-state index in [4.69, 9.17) is 0 Å². The Morgan fingerprint density at radius 1 is 1.37 bits per heavy atom. The molecule has 4 heteroatoms. The van der Waals surface area contributed by atoms with Gasteiger partial charge in [-0.15, -0.1) is 0 Å². The molecule has 1 aromatic heterocycles. The van der Waals surface area contributed by atoms with Crippen molar-refractivity contribution in [2.45, 2.75) is 59.2 Å². The van der Waals surface area contributed by atoms with Gasteiger partial charge >= 0.3 is 0 Å². The fourth-order valence-corrected chi connectivity index (χ4v) is 1.84. The molecule has 4 nitrogen and oxygen atoms in total. The third kappa shape index (κ3) is 5.83. The van der Waals surface area contributed by atoms with Gasteiger partial charge in [0.15, 0.2) is 0 Å². The SMILES string of the molecule is CCCC(C)NC(=O)C(C)NCc1ccc(C)nc1. The van der Waals surface area contributed by atoms with Crippen LogP contribution < -0.4 is 10.6 Å². The molecule has 1 aromatic rings. The predicted octanol–water partition coefficient (Wildman–Crippen LogP) is 2.17. The molecule has 0 aliphatic rings. The molecule has 1 amide bonds. The molecule has 0 radical (unpaired) electrons. The minimum absolute atomic E-state index is 0.0565. The summed E-state index contributed by atoms with van der Waals surface area (Å²) in [6, 6.07) is 4.05. The van der Waals surface area contributed by atoms with E-state index in [0.29, 0.717) is 6.54 Å². The lowest BCUT2D eigenvalue weighted by molar-refractivity contribution is -0.123. The van der Waals surface area contributed by atoms with E-state index in [2.05, 4.69) is 22.5 Å². The molecular weight excluding hydrogens is 238 g/mol. The molecule has 0 spiro atoms. The summed E-state index contributed by atoms with van der Waals surface area (Å²) in [5, 5.41) is 6.22. The highest BCUT2D eigenvalue weighted by Gasteiger charge is 2.14. The van der Waals surface area contributed by atoms with E-state index in [1.54, 1.807) is 0 Å². The van der Waals surface area contributed by atoms with Crippen LogP contribution in [0.2, 0.25) is 0 Å². The number of rotatable bonds is 7. The van der Waals surface area contributed by atoms with Gasteiger partial charge in [0.25, 0.3) is 0 Å². The van der Waals surface area contributed by atoms with Gasteiger partial charge in [-0.3, -0.25) is 9.78 Å². The highest BCUT2D eigenvalue weighted by Crippen LogP contribution is 2.00. The Hall–Kier alpha value is -1.42. The Morgan fingerprint density at radius 2 is 2.11 bits per heavy atom. The molecule has 0 saturated heterocycles. The first-order valence-electron chi connectivity index (χ1n) is 6.98. The van der Waals surface area contributed by atoms with Crippen LogP contribution in [0.3, 0.4) is 0 Å². The molecular formula is C15H25N3O. The second-order valence-corrected chi connectivity index (χ2v) is 5.11. The van der Waals surface area contributed by atoms with Gasteiger partial charge in [-0.1, -0.05) is 19.4 Å². The predicted molar refractivity (Wildman–Crippen MR) is 77.8 cm³/mol. The van der Waals surface area contributed by atoms with Crippen LogP contribution in [0.25, 0.3) is 0 Å². The largest absolute Gasteiger partial charge is 0.352 e. The summed E-state index contributed by atoms with van der Waals surface area (Å²) in [5.41, 5.74) is 2.09. The van der Waals surface area contributed by atoms with Crippen molar-refractivity contribution in [1.82, 2.24) is 15.6 Å². The van der Waals surface area contributed by atoms with Gasteiger partial charge in [0.1, 0.15) is 0 Å². The maximum Gasteiger partial charge on any atom is 0.237 e. The van der Waals surface area contributed by atoms with Crippen LogP contribution in [0.15, 0.2) is 18.3 Å². The highest BCUT2D eigenvalue weighted by atomic mass is 16.2. The standard InChI is InChI=1S/C15H25N3O/c1-5-6-12(3)18-15(19)13(4)17-10-14-8-7-11(2)16-9-14/h7-9,12-13,17H,5-6,10H2,1-4H3,(H,18,19). The number of nitrogens with one attached hydrogen (secondary N) is 2. The molecule has 2 atom stereocenters. The van der Waals surface area contributed by atoms with Crippen LogP contribution in [-0.2, 0) is 11.3 Å². The number of carbonyl (C=O) groups is 1. The summed E-state index contributed by atoms with van der Waals surface area (Å²) in [5.74, 6) is 0.0565. The summed E-state index contributed by atoms with van der Waals surface area (Å²) in [6.45, 7) is 8.66. The van der Waals surface area contributed by atoms with Gasteiger partial charge in [0.2, 0.25) is 5.91 Å². The molecule has 19 heavy (non-hydrogen) atoms. The van der Waals surface area contributed by atoms with E-state index in [0.717, 1.165) is 24.1 Å². The smallest absolute Gasteiger partial charge is 0.237 e. The number of hydrogen-bond acceptors (Lipinski definition) is 3. The average molecular weight is 263 g/mol. The van der Waals surface area contributed by atoms with E-state index >= 15 is 0 Å². The molecule has 2 unspecified atom stereocenters. The number of carbonyl (C=O) groups excluding carboxylic acids is 1. The zero-order chi connectivity index (χ0) is 14.3. The monoisotopic (exact) mass is 263 g/mol. The Labute approximate surface area is 116 Å². The van der Waals surface area contributed by atoms with E-state index in [1.165, 1.54) is 0 Å². The van der Waals surface area contributed by atoms with Crippen molar-refractivity contribution >= 4 is 5.91 Å². The number of pyridine rings is 1. The lowest BCUT2D eigenvalue weighted by Gasteiger charge is -2.18. The second-order valence-electron chi connectivity index (χ2n) is 5.11. The van der Waals surface area contributed by atoms with E-state index in [1.807, 2.05) is 39.1 Å². The quantitative estimate of drug-likeness (QED) is 0.792. The lowest BCUT2D eigenvalue weighted by atomic mass is 10.2. The summed E-state index contributed by atoms with van der Waals surface area (Å²) < 4.78 is 0. The minimum atomic E-state index is -0.194. The molecule has 0 fully saturated rings. The van der Waals surface area contributed by atoms with Gasteiger partial charge in [0.05, 0.1) is 6.04 Å². The normalized spacial score (nSPS) is 13.9. The Bertz CT molecular complexity index is 389. The highest BCUT2D eigenvalue weighted by molar-refractivity contribution is 5.81. The minimum Gasteiger partial charge on any atom is -0.352 e. The van der Waals surface area contributed by atoms with Gasteiger partial charge in [0, 0.05) is 24.5 Å². The van der Waals surface area contributed by atoms with Crippen LogP contribution in [0, 0.1) is 6.92 Å². The first kappa shape index (κ1) is 15.6. The van der Waals surface area contributed by atoms with Crippen LogP contribution >= 0.6 is 0 Å². The molecule has 0 aromatic carbocycles. The van der Waals surface area contributed by atoms with Crippen molar-refractivity contribution in [1.29, 1.82) is 0 Å². The van der Waals surface area contributed by atoms with Crippen molar-refractivity contribution in [3.8, 4) is 0 Å². The maximum absolute atomic E-state index is 11.9. The number of hydrogen-bond donors (Lipinski definition) is 2. The number of aromatic nitrogens is 1. The molecule has 0 bridgehead atoms. The van der Waals surface area contributed by atoms with Crippen molar-refractivity contribution < 1.29 is 4.79 Å². The molecule has 2 N–H and O–H groups in total. The molecule has 106 valence electrons. The average Bonchev–Trinajstić information content (AvgIpc) is 2.37. The molecule has 1 rings (SSSR count). The van der Waals surface area contributed by atoms with Gasteiger partial charge < -0.3 is 10.6 Å². The Morgan fingerprint density at radius 3 is 2.68 bits per heavy atom.